The molecule has 0 aliphatic carbocycles. The van der Waals surface area contributed by atoms with Crippen LogP contribution in [0.1, 0.15) is 57.5 Å². The van der Waals surface area contributed by atoms with Crippen LogP contribution in [-0.2, 0) is 0 Å². The summed E-state index contributed by atoms with van der Waals surface area (Å²) < 4.78 is 0. The number of hydrogen-bond acceptors (Lipinski definition) is 4. The highest BCUT2D eigenvalue weighted by molar-refractivity contribution is 7.80. The van der Waals surface area contributed by atoms with Crippen molar-refractivity contribution in [2.75, 3.05) is 6.54 Å². The van der Waals surface area contributed by atoms with Crippen LogP contribution in [-0.4, -0.2) is 33.2 Å². The molecule has 0 saturated carbocycles. The molecular weight excluding hydrogens is 310 g/mol. The van der Waals surface area contributed by atoms with Crippen LogP contribution in [0.25, 0.3) is 0 Å². The van der Waals surface area contributed by atoms with Crippen LogP contribution in [0.15, 0.2) is 36.7 Å². The molecule has 3 rings (SSSR count). The van der Waals surface area contributed by atoms with Gasteiger partial charge in [0.1, 0.15) is 5.82 Å². The first-order valence-corrected chi connectivity index (χ1v) is 8.32. The number of hydrogen-bond donors (Lipinski definition) is 2. The molecule has 2 aromatic rings. The number of rotatable bonds is 7. The van der Waals surface area contributed by atoms with E-state index in [0.29, 0.717) is 17.7 Å². The van der Waals surface area contributed by atoms with E-state index in [1.54, 1.807) is 36.7 Å². The Hall–Kier alpha value is -2.08. The lowest BCUT2D eigenvalue weighted by atomic mass is 10.1. The molecule has 1 unspecified atom stereocenters. The number of aromatic nitrogens is 2. The number of amides is 2. The van der Waals surface area contributed by atoms with Crippen LogP contribution in [0.5, 0.6) is 0 Å². The van der Waals surface area contributed by atoms with E-state index in [2.05, 4.69) is 22.6 Å². The van der Waals surface area contributed by atoms with Crippen LogP contribution in [0, 0.1) is 0 Å². The first-order chi connectivity index (χ1) is 11.2. The molecule has 5 nitrogen and oxygen atoms in total. The number of imide groups is 1. The standard InChI is InChI=1S/C17H19N3O2S/c21-16-12-6-3-4-7-13(12)17(22)20(16)11-5-1-2-8-14(23)15-18-9-10-19-15/h3-4,6-7,9-10,14,23H,1-2,5,8,11H2,(H,18,19). The van der Waals surface area contributed by atoms with Gasteiger partial charge in [-0.3, -0.25) is 14.5 Å². The number of fused-ring (bicyclic) bond motifs is 1. The number of unbranched alkanes of at least 4 members (excludes halogenated alkanes) is 2. The smallest absolute Gasteiger partial charge is 0.261 e. The van der Waals surface area contributed by atoms with Gasteiger partial charge in [-0.1, -0.05) is 25.0 Å². The molecule has 23 heavy (non-hydrogen) atoms. The van der Waals surface area contributed by atoms with Crippen LogP contribution in [0.2, 0.25) is 0 Å². The second-order valence-electron chi connectivity index (χ2n) is 5.65. The summed E-state index contributed by atoms with van der Waals surface area (Å²) in [7, 11) is 0. The molecule has 0 fully saturated rings. The van der Waals surface area contributed by atoms with Gasteiger partial charge in [0.15, 0.2) is 0 Å². The largest absolute Gasteiger partial charge is 0.348 e. The molecule has 1 atom stereocenters. The first kappa shape index (κ1) is 15.8. The van der Waals surface area contributed by atoms with Crippen molar-refractivity contribution in [1.29, 1.82) is 0 Å². The van der Waals surface area contributed by atoms with Crippen LogP contribution < -0.4 is 0 Å². The molecule has 0 bridgehead atoms. The molecule has 0 spiro atoms. The normalized spacial score (nSPS) is 15.1. The average Bonchev–Trinajstić information content (AvgIpc) is 3.18. The zero-order valence-electron chi connectivity index (χ0n) is 12.7. The maximum atomic E-state index is 12.2. The van der Waals surface area contributed by atoms with E-state index in [4.69, 9.17) is 0 Å². The molecule has 1 aromatic heterocycles. The summed E-state index contributed by atoms with van der Waals surface area (Å²) in [5.41, 5.74) is 1.04. The highest BCUT2D eigenvalue weighted by Gasteiger charge is 2.34. The summed E-state index contributed by atoms with van der Waals surface area (Å²) >= 11 is 4.53. The van der Waals surface area contributed by atoms with Crippen LogP contribution >= 0.6 is 12.6 Å². The Morgan fingerprint density at radius 1 is 1.09 bits per heavy atom. The third kappa shape index (κ3) is 3.32. The lowest BCUT2D eigenvalue weighted by molar-refractivity contribution is 0.0651. The Morgan fingerprint density at radius 2 is 1.78 bits per heavy atom. The Labute approximate surface area is 140 Å². The number of carbonyl (C=O) groups excluding carboxylic acids is 2. The SMILES string of the molecule is O=C1c2ccccc2C(=O)N1CCCCCC(S)c1ncc[nH]1. The number of carbonyl (C=O) groups is 2. The molecule has 0 radical (unpaired) electrons. The second kappa shape index (κ2) is 7.00. The molecular formula is C17H19N3O2S. The maximum absolute atomic E-state index is 12.2. The molecule has 0 saturated heterocycles. The third-order valence-corrected chi connectivity index (χ3v) is 4.58. The van der Waals surface area contributed by atoms with E-state index < -0.39 is 0 Å². The van der Waals surface area contributed by atoms with Crippen molar-refractivity contribution in [2.24, 2.45) is 0 Å². The number of nitrogens with one attached hydrogen (secondary N) is 1. The zero-order valence-corrected chi connectivity index (χ0v) is 13.6. The molecule has 2 amide bonds. The van der Waals surface area contributed by atoms with E-state index in [1.165, 1.54) is 4.90 Å². The van der Waals surface area contributed by atoms with Gasteiger partial charge in [-0.2, -0.15) is 12.6 Å². The highest BCUT2D eigenvalue weighted by Crippen LogP contribution is 2.25. The fourth-order valence-corrected chi connectivity index (χ4v) is 3.15. The van der Waals surface area contributed by atoms with Crippen molar-refractivity contribution in [3.8, 4) is 0 Å². The van der Waals surface area contributed by atoms with Crippen molar-refractivity contribution in [3.63, 3.8) is 0 Å². The maximum Gasteiger partial charge on any atom is 0.261 e. The van der Waals surface area contributed by atoms with Gasteiger partial charge in [0.05, 0.1) is 16.4 Å². The molecule has 1 aliphatic rings. The number of benzene rings is 1. The summed E-state index contributed by atoms with van der Waals surface area (Å²) in [5.74, 6) is 0.537. The highest BCUT2D eigenvalue weighted by atomic mass is 32.1. The van der Waals surface area contributed by atoms with Crippen molar-refractivity contribution in [3.05, 3.63) is 53.6 Å². The molecule has 2 heterocycles. The lowest BCUT2D eigenvalue weighted by Gasteiger charge is -2.14. The monoisotopic (exact) mass is 329 g/mol. The van der Waals surface area contributed by atoms with E-state index in [9.17, 15) is 9.59 Å². The summed E-state index contributed by atoms with van der Waals surface area (Å²) in [6.45, 7) is 0.477. The summed E-state index contributed by atoms with van der Waals surface area (Å²) in [4.78, 5) is 33.0. The first-order valence-electron chi connectivity index (χ1n) is 7.81. The summed E-state index contributed by atoms with van der Waals surface area (Å²) in [6, 6.07) is 7.00. The van der Waals surface area contributed by atoms with Gasteiger partial charge in [-0.25, -0.2) is 4.98 Å². The molecule has 1 N–H and O–H groups in total. The van der Waals surface area contributed by atoms with Gasteiger partial charge in [0.2, 0.25) is 0 Å². The van der Waals surface area contributed by atoms with E-state index in [1.807, 2.05) is 0 Å². The quantitative estimate of drug-likeness (QED) is 0.465. The predicted octanol–water partition coefficient (Wildman–Crippen LogP) is 3.24. The summed E-state index contributed by atoms with van der Waals surface area (Å²) in [6.07, 6.45) is 7.17. The third-order valence-electron chi connectivity index (χ3n) is 4.07. The second-order valence-corrected chi connectivity index (χ2v) is 6.27. The Morgan fingerprint density at radius 3 is 2.39 bits per heavy atom. The van der Waals surface area contributed by atoms with E-state index >= 15 is 0 Å². The number of nitrogens with zero attached hydrogens (tertiary/aromatic N) is 2. The van der Waals surface area contributed by atoms with E-state index in [0.717, 1.165) is 31.5 Å². The number of aromatic amines is 1. The minimum absolute atomic E-state index is 0.101. The number of thiol groups is 1. The Balaban J connectivity index is 1.43. The number of H-pyrrole nitrogens is 1. The fourth-order valence-electron chi connectivity index (χ4n) is 2.82. The van der Waals surface area contributed by atoms with Gasteiger partial charge in [0, 0.05) is 18.9 Å². The van der Waals surface area contributed by atoms with Gasteiger partial charge < -0.3 is 4.98 Å². The van der Waals surface area contributed by atoms with Crippen molar-refractivity contribution >= 4 is 24.4 Å². The van der Waals surface area contributed by atoms with Gasteiger partial charge in [0.25, 0.3) is 11.8 Å². The van der Waals surface area contributed by atoms with Crippen molar-refractivity contribution in [1.82, 2.24) is 14.9 Å². The summed E-state index contributed by atoms with van der Waals surface area (Å²) in [5, 5.41) is 0.101. The van der Waals surface area contributed by atoms with Crippen LogP contribution in [0.3, 0.4) is 0 Å². The average molecular weight is 329 g/mol. The van der Waals surface area contributed by atoms with Gasteiger partial charge in [-0.05, 0) is 25.0 Å². The Bertz CT molecular complexity index is 665. The zero-order chi connectivity index (χ0) is 16.2. The lowest BCUT2D eigenvalue weighted by Crippen LogP contribution is -2.30. The van der Waals surface area contributed by atoms with Gasteiger partial charge in [-0.15, -0.1) is 0 Å². The predicted molar refractivity (Wildman–Crippen MR) is 90.6 cm³/mol. The van der Waals surface area contributed by atoms with Crippen molar-refractivity contribution in [2.45, 2.75) is 30.9 Å². The molecule has 120 valence electrons. The van der Waals surface area contributed by atoms with Gasteiger partial charge >= 0.3 is 0 Å². The van der Waals surface area contributed by atoms with Crippen LogP contribution in [0.4, 0.5) is 0 Å². The molecule has 6 heteroatoms. The topological polar surface area (TPSA) is 66.1 Å². The molecule has 1 aromatic carbocycles. The van der Waals surface area contributed by atoms with Crippen molar-refractivity contribution < 1.29 is 9.59 Å². The minimum atomic E-state index is -0.173. The Kier molecular flexibility index (Phi) is 4.81. The minimum Gasteiger partial charge on any atom is -0.348 e. The number of imidazole rings is 1. The van der Waals surface area contributed by atoms with E-state index in [-0.39, 0.29) is 17.1 Å². The molecule has 1 aliphatic heterocycles. The fraction of sp³-hybridized carbons (Fsp3) is 0.353.